The van der Waals surface area contributed by atoms with Gasteiger partial charge in [0.15, 0.2) is 0 Å². The van der Waals surface area contributed by atoms with Gasteiger partial charge in [0.05, 0.1) is 36.7 Å². The smallest absolute Gasteiger partial charge is 0.339 e. The summed E-state index contributed by atoms with van der Waals surface area (Å²) in [5.41, 5.74) is 3.70. The largest absolute Gasteiger partial charge is 0.465 e. The maximum atomic E-state index is 12.2. The summed E-state index contributed by atoms with van der Waals surface area (Å²) in [7, 11) is 1.34. The number of nitrogens with one attached hydrogen (secondary N) is 2. The van der Waals surface area contributed by atoms with E-state index in [9.17, 15) is 9.59 Å². The van der Waals surface area contributed by atoms with E-state index >= 15 is 0 Å². The minimum atomic E-state index is -0.428. The molecule has 1 amide bonds. The van der Waals surface area contributed by atoms with Gasteiger partial charge in [0.2, 0.25) is 5.91 Å². The number of rotatable bonds is 6. The van der Waals surface area contributed by atoms with Gasteiger partial charge in [-0.25, -0.2) is 9.78 Å². The van der Waals surface area contributed by atoms with Gasteiger partial charge >= 0.3 is 5.97 Å². The molecule has 0 aliphatic carbocycles. The summed E-state index contributed by atoms with van der Waals surface area (Å²) in [6, 6.07) is 18.4. The summed E-state index contributed by atoms with van der Waals surface area (Å²) in [5.74, 6) is 0.0142. The Hall–Kier alpha value is -3.67. The van der Waals surface area contributed by atoms with Crippen molar-refractivity contribution in [1.29, 1.82) is 0 Å². The van der Waals surface area contributed by atoms with Crippen LogP contribution in [0.3, 0.4) is 0 Å². The lowest BCUT2D eigenvalue weighted by atomic mass is 10.1. The predicted molar refractivity (Wildman–Crippen MR) is 109 cm³/mol. The molecule has 0 bridgehead atoms. The highest BCUT2D eigenvalue weighted by Crippen LogP contribution is 2.21. The maximum Gasteiger partial charge on any atom is 0.339 e. The lowest BCUT2D eigenvalue weighted by Crippen LogP contribution is -2.14. The highest BCUT2D eigenvalue weighted by Gasteiger charge is 2.11. The number of hydrogen-bond donors (Lipinski definition) is 2. The topological polar surface area (TPSA) is 80.3 Å². The van der Waals surface area contributed by atoms with Gasteiger partial charge in [0, 0.05) is 0 Å². The molecule has 1 aromatic heterocycles. The molecule has 142 valence electrons. The van der Waals surface area contributed by atoms with Crippen LogP contribution >= 0.6 is 0 Å². The number of benzene rings is 2. The Morgan fingerprint density at radius 1 is 1.04 bits per heavy atom. The quantitative estimate of drug-likeness (QED) is 0.634. The van der Waals surface area contributed by atoms with Crippen molar-refractivity contribution >= 4 is 29.1 Å². The van der Waals surface area contributed by atoms with Crippen molar-refractivity contribution in [2.75, 3.05) is 17.7 Å². The van der Waals surface area contributed by atoms with Gasteiger partial charge in [-0.05, 0) is 36.8 Å². The van der Waals surface area contributed by atoms with Gasteiger partial charge in [0.1, 0.15) is 5.82 Å². The third kappa shape index (κ3) is 4.94. The van der Waals surface area contributed by atoms with Crippen LogP contribution in [0.4, 0.5) is 17.2 Å². The second-order valence-corrected chi connectivity index (χ2v) is 6.31. The van der Waals surface area contributed by atoms with Crippen LogP contribution < -0.4 is 10.6 Å². The number of ether oxygens (including phenoxy) is 1. The Kier molecular flexibility index (Phi) is 6.01. The molecule has 0 fully saturated rings. The number of amides is 1. The van der Waals surface area contributed by atoms with Crippen molar-refractivity contribution in [1.82, 2.24) is 4.98 Å². The third-order valence-electron chi connectivity index (χ3n) is 4.09. The molecule has 0 saturated carbocycles. The molecule has 6 nitrogen and oxygen atoms in total. The fourth-order valence-electron chi connectivity index (χ4n) is 2.77. The number of anilines is 3. The summed E-state index contributed by atoms with van der Waals surface area (Å²) in [6.07, 6.45) is 1.87. The van der Waals surface area contributed by atoms with Gasteiger partial charge < -0.3 is 15.4 Å². The van der Waals surface area contributed by atoms with E-state index in [2.05, 4.69) is 15.6 Å². The van der Waals surface area contributed by atoms with Crippen LogP contribution in [0.2, 0.25) is 0 Å². The SMILES string of the molecule is COC(=O)c1ccccc1Nc1ccc(NC(=O)Cc2cccc(C)c2)cn1. The second-order valence-electron chi connectivity index (χ2n) is 6.31. The van der Waals surface area contributed by atoms with Crippen LogP contribution in [-0.4, -0.2) is 24.0 Å². The molecule has 2 N–H and O–H groups in total. The van der Waals surface area contributed by atoms with Crippen LogP contribution in [0, 0.1) is 6.92 Å². The van der Waals surface area contributed by atoms with Crippen molar-refractivity contribution < 1.29 is 14.3 Å². The molecule has 0 aliphatic heterocycles. The Morgan fingerprint density at radius 3 is 2.57 bits per heavy atom. The first-order valence-corrected chi connectivity index (χ1v) is 8.81. The van der Waals surface area contributed by atoms with E-state index in [0.717, 1.165) is 11.1 Å². The summed E-state index contributed by atoms with van der Waals surface area (Å²) in [4.78, 5) is 28.4. The Labute approximate surface area is 163 Å². The molecule has 1 heterocycles. The average molecular weight is 375 g/mol. The fraction of sp³-hybridized carbons (Fsp3) is 0.136. The number of nitrogens with zero attached hydrogens (tertiary/aromatic N) is 1. The van der Waals surface area contributed by atoms with Gasteiger partial charge in [-0.1, -0.05) is 42.0 Å². The highest BCUT2D eigenvalue weighted by molar-refractivity contribution is 5.96. The molecular formula is C22H21N3O3. The Bertz CT molecular complexity index is 984. The normalized spacial score (nSPS) is 10.2. The number of esters is 1. The van der Waals surface area contributed by atoms with E-state index in [-0.39, 0.29) is 5.91 Å². The van der Waals surface area contributed by atoms with Gasteiger partial charge in [-0.3, -0.25) is 4.79 Å². The number of carbonyl (C=O) groups is 2. The molecule has 0 atom stereocenters. The van der Waals surface area contributed by atoms with Crippen LogP contribution in [0.25, 0.3) is 0 Å². The highest BCUT2D eigenvalue weighted by atomic mass is 16.5. The van der Waals surface area contributed by atoms with E-state index in [0.29, 0.717) is 29.2 Å². The zero-order valence-corrected chi connectivity index (χ0v) is 15.7. The summed E-state index contributed by atoms with van der Waals surface area (Å²) >= 11 is 0. The second kappa shape index (κ2) is 8.81. The lowest BCUT2D eigenvalue weighted by Gasteiger charge is -2.11. The molecule has 0 radical (unpaired) electrons. The summed E-state index contributed by atoms with van der Waals surface area (Å²) in [6.45, 7) is 2.00. The number of carbonyl (C=O) groups excluding carboxylic acids is 2. The molecule has 3 aromatic rings. The van der Waals surface area contributed by atoms with Crippen LogP contribution in [0.5, 0.6) is 0 Å². The van der Waals surface area contributed by atoms with Crippen LogP contribution in [-0.2, 0) is 16.0 Å². The molecule has 2 aromatic carbocycles. The lowest BCUT2D eigenvalue weighted by molar-refractivity contribution is -0.115. The minimum Gasteiger partial charge on any atom is -0.465 e. The van der Waals surface area contributed by atoms with E-state index in [1.807, 2.05) is 37.3 Å². The molecule has 28 heavy (non-hydrogen) atoms. The predicted octanol–water partition coefficient (Wildman–Crippen LogP) is 4.10. The van der Waals surface area contributed by atoms with Crippen LogP contribution in [0.1, 0.15) is 21.5 Å². The Morgan fingerprint density at radius 2 is 1.86 bits per heavy atom. The van der Waals surface area contributed by atoms with Crippen molar-refractivity contribution in [3.63, 3.8) is 0 Å². The molecule has 0 aliphatic rings. The molecule has 6 heteroatoms. The van der Waals surface area contributed by atoms with Gasteiger partial charge in [-0.2, -0.15) is 0 Å². The molecule has 3 rings (SSSR count). The van der Waals surface area contributed by atoms with Crippen molar-refractivity contribution in [3.05, 3.63) is 83.6 Å². The van der Waals surface area contributed by atoms with E-state index in [4.69, 9.17) is 4.74 Å². The number of pyridine rings is 1. The van der Waals surface area contributed by atoms with E-state index in [1.54, 1.807) is 36.5 Å². The zero-order valence-electron chi connectivity index (χ0n) is 15.7. The molecule has 0 spiro atoms. The molecule has 0 saturated heterocycles. The number of aryl methyl sites for hydroxylation is 1. The van der Waals surface area contributed by atoms with Crippen molar-refractivity contribution in [2.45, 2.75) is 13.3 Å². The zero-order chi connectivity index (χ0) is 19.9. The maximum absolute atomic E-state index is 12.2. The van der Waals surface area contributed by atoms with E-state index < -0.39 is 5.97 Å². The van der Waals surface area contributed by atoms with Crippen molar-refractivity contribution in [3.8, 4) is 0 Å². The standard InChI is InChI=1S/C22H21N3O3/c1-15-6-5-7-16(12-15)13-21(26)24-17-10-11-20(23-14-17)25-19-9-4-3-8-18(19)22(27)28-2/h3-12,14H,13H2,1-2H3,(H,23,25)(H,24,26). The van der Waals surface area contributed by atoms with Crippen LogP contribution in [0.15, 0.2) is 66.9 Å². The third-order valence-corrected chi connectivity index (χ3v) is 4.09. The number of methoxy groups -OCH3 is 1. The van der Waals surface area contributed by atoms with E-state index in [1.165, 1.54) is 7.11 Å². The Balaban J connectivity index is 1.64. The minimum absolute atomic E-state index is 0.107. The number of hydrogen-bond acceptors (Lipinski definition) is 5. The molecular weight excluding hydrogens is 354 g/mol. The van der Waals surface area contributed by atoms with Gasteiger partial charge in [0.25, 0.3) is 0 Å². The number of para-hydroxylation sites is 1. The van der Waals surface area contributed by atoms with Crippen molar-refractivity contribution in [2.24, 2.45) is 0 Å². The summed E-state index contributed by atoms with van der Waals surface area (Å²) < 4.78 is 4.79. The average Bonchev–Trinajstić information content (AvgIpc) is 2.69. The first-order chi connectivity index (χ1) is 13.5. The molecule has 0 unspecified atom stereocenters. The first-order valence-electron chi connectivity index (χ1n) is 8.81. The summed E-state index contributed by atoms with van der Waals surface area (Å²) in [5, 5.41) is 5.93. The monoisotopic (exact) mass is 375 g/mol. The number of aromatic nitrogens is 1. The van der Waals surface area contributed by atoms with Gasteiger partial charge in [-0.15, -0.1) is 0 Å². The first kappa shape index (κ1) is 19.1. The fourth-order valence-corrected chi connectivity index (χ4v) is 2.77.